The Hall–Kier alpha value is -1.03. The average Bonchev–Trinajstić information content (AvgIpc) is 2.22. The van der Waals surface area contributed by atoms with Crippen LogP contribution in [0.3, 0.4) is 0 Å². The normalized spacial score (nSPS) is 17.5. The van der Waals surface area contributed by atoms with Crippen LogP contribution in [0.1, 0.15) is 45.6 Å². The fraction of sp³-hybridized carbons (Fsp3) is 0.533. The molecule has 0 heterocycles. The molecule has 0 unspecified atom stereocenters. The van der Waals surface area contributed by atoms with E-state index in [2.05, 4.69) is 21.2 Å². The molecule has 1 N–H and O–H groups in total. The van der Waals surface area contributed by atoms with E-state index >= 15 is 0 Å². The molecule has 1 aliphatic carbocycles. The van der Waals surface area contributed by atoms with E-state index in [0.29, 0.717) is 0 Å². The van der Waals surface area contributed by atoms with Gasteiger partial charge in [-0.3, -0.25) is 0 Å². The number of carbonyl (C=O) groups is 1. The number of hydrogen-bond donors (Lipinski definition) is 1. The number of hydrogen-bond acceptors (Lipinski definition) is 2. The van der Waals surface area contributed by atoms with Gasteiger partial charge in [0, 0.05) is 10.0 Å². The minimum Gasteiger partial charge on any atom is -0.438 e. The summed E-state index contributed by atoms with van der Waals surface area (Å²) in [6.07, 6.45) is 2.55. The lowest BCUT2D eigenvalue weighted by molar-refractivity contribution is -0.0549. The van der Waals surface area contributed by atoms with Gasteiger partial charge >= 0.3 is 6.09 Å². The van der Waals surface area contributed by atoms with E-state index in [0.717, 1.165) is 29.3 Å². The molecule has 0 aliphatic heterocycles. The minimum absolute atomic E-state index is 0.276. The van der Waals surface area contributed by atoms with Crippen LogP contribution in [-0.2, 0) is 10.3 Å². The first-order valence-corrected chi connectivity index (χ1v) is 7.37. The quantitative estimate of drug-likeness (QED) is 0.877. The maximum Gasteiger partial charge on any atom is 0.408 e. The highest BCUT2D eigenvalue weighted by atomic mass is 79.9. The summed E-state index contributed by atoms with van der Waals surface area (Å²) in [6, 6.07) is 8.02. The van der Waals surface area contributed by atoms with Gasteiger partial charge < -0.3 is 10.1 Å². The largest absolute Gasteiger partial charge is 0.438 e. The molecule has 3 nitrogen and oxygen atoms in total. The van der Waals surface area contributed by atoms with Gasteiger partial charge in [-0.25, -0.2) is 4.79 Å². The molecular formula is C15H20BrNO2. The molecule has 0 atom stereocenters. The van der Waals surface area contributed by atoms with E-state index in [1.165, 1.54) is 0 Å². The first-order chi connectivity index (χ1) is 8.81. The smallest absolute Gasteiger partial charge is 0.408 e. The van der Waals surface area contributed by atoms with Crippen LogP contribution in [-0.4, -0.2) is 11.6 Å². The Morgan fingerprint density at radius 2 is 1.84 bits per heavy atom. The Bertz CT molecular complexity index is 458. The maximum absolute atomic E-state index is 12.0. The lowest BCUT2D eigenvalue weighted by atomic mass is 9.75. The van der Waals surface area contributed by atoms with Gasteiger partial charge in [-0.2, -0.15) is 0 Å². The molecule has 0 spiro atoms. The zero-order chi connectivity index (χ0) is 14.1. The summed E-state index contributed by atoms with van der Waals surface area (Å²) in [6.45, 7) is 5.84. The molecule has 0 aromatic heterocycles. The van der Waals surface area contributed by atoms with Crippen molar-refractivity contribution in [2.24, 2.45) is 0 Å². The number of benzene rings is 1. The maximum atomic E-state index is 12.0. The Morgan fingerprint density at radius 3 is 2.26 bits per heavy atom. The van der Waals surface area contributed by atoms with Crippen LogP contribution in [0.5, 0.6) is 0 Å². The second-order valence-electron chi connectivity index (χ2n) is 6.12. The average molecular weight is 326 g/mol. The van der Waals surface area contributed by atoms with Crippen LogP contribution in [0.15, 0.2) is 28.7 Å². The van der Waals surface area contributed by atoms with Gasteiger partial charge in [-0.1, -0.05) is 28.1 Å². The third-order valence-corrected chi connectivity index (χ3v) is 3.83. The van der Waals surface area contributed by atoms with Crippen LogP contribution in [0.4, 0.5) is 4.79 Å². The highest BCUT2D eigenvalue weighted by molar-refractivity contribution is 9.10. The fourth-order valence-electron chi connectivity index (χ4n) is 2.21. The summed E-state index contributed by atoms with van der Waals surface area (Å²) < 4.78 is 6.74. The Kier molecular flexibility index (Phi) is 3.90. The van der Waals surface area contributed by atoms with E-state index in [4.69, 9.17) is 4.74 Å². The molecule has 1 amide bonds. The lowest BCUT2D eigenvalue weighted by Crippen LogP contribution is -2.47. The van der Waals surface area contributed by atoms with Crippen molar-refractivity contribution >= 4 is 22.0 Å². The highest BCUT2D eigenvalue weighted by Crippen LogP contribution is 2.45. The van der Waals surface area contributed by atoms with Crippen molar-refractivity contribution in [3.05, 3.63) is 34.3 Å². The molecule has 2 rings (SSSR count). The molecule has 0 bridgehead atoms. The second-order valence-corrected chi connectivity index (χ2v) is 7.03. The Labute approximate surface area is 122 Å². The SMILES string of the molecule is CC(C)(C)NC(=O)OC1(c2ccc(Br)cc2)CCC1. The molecule has 1 saturated carbocycles. The number of carbonyl (C=O) groups excluding carboxylic acids is 1. The molecule has 104 valence electrons. The molecule has 1 aliphatic rings. The number of halogens is 1. The number of rotatable bonds is 2. The summed E-state index contributed by atoms with van der Waals surface area (Å²) in [5, 5.41) is 2.85. The number of ether oxygens (including phenoxy) is 1. The van der Waals surface area contributed by atoms with Crippen molar-refractivity contribution in [3.63, 3.8) is 0 Å². The van der Waals surface area contributed by atoms with Gasteiger partial charge in [-0.15, -0.1) is 0 Å². The van der Waals surface area contributed by atoms with Crippen LogP contribution in [0, 0.1) is 0 Å². The van der Waals surface area contributed by atoms with E-state index in [1.807, 2.05) is 45.0 Å². The zero-order valence-electron chi connectivity index (χ0n) is 11.6. The molecular weight excluding hydrogens is 306 g/mol. The van der Waals surface area contributed by atoms with Crippen LogP contribution in [0.25, 0.3) is 0 Å². The van der Waals surface area contributed by atoms with Crippen LogP contribution in [0.2, 0.25) is 0 Å². The number of amides is 1. The van der Waals surface area contributed by atoms with Crippen LogP contribution >= 0.6 is 15.9 Å². The summed E-state index contributed by atoms with van der Waals surface area (Å²) in [4.78, 5) is 12.0. The van der Waals surface area contributed by atoms with Crippen LogP contribution < -0.4 is 5.32 Å². The first-order valence-electron chi connectivity index (χ1n) is 6.58. The molecule has 0 saturated heterocycles. The first kappa shape index (κ1) is 14.4. The van der Waals surface area contributed by atoms with Crippen molar-refractivity contribution in [2.75, 3.05) is 0 Å². The van der Waals surface area contributed by atoms with Gasteiger partial charge in [0.2, 0.25) is 0 Å². The summed E-state index contributed by atoms with van der Waals surface area (Å²) in [5.74, 6) is 0. The molecule has 0 radical (unpaired) electrons. The molecule has 4 heteroatoms. The number of nitrogens with one attached hydrogen (secondary N) is 1. The predicted molar refractivity (Wildman–Crippen MR) is 79.0 cm³/mol. The topological polar surface area (TPSA) is 38.3 Å². The lowest BCUT2D eigenvalue weighted by Gasteiger charge is -2.42. The minimum atomic E-state index is -0.434. The van der Waals surface area contributed by atoms with Crippen molar-refractivity contribution in [1.82, 2.24) is 5.32 Å². The van der Waals surface area contributed by atoms with Crippen molar-refractivity contribution in [2.45, 2.75) is 51.2 Å². The number of alkyl carbamates (subject to hydrolysis) is 1. The molecule has 1 aromatic carbocycles. The zero-order valence-corrected chi connectivity index (χ0v) is 13.2. The summed E-state index contributed by atoms with van der Waals surface area (Å²) in [7, 11) is 0. The van der Waals surface area contributed by atoms with Gasteiger partial charge in [0.05, 0.1) is 0 Å². The van der Waals surface area contributed by atoms with Crippen molar-refractivity contribution < 1.29 is 9.53 Å². The van der Waals surface area contributed by atoms with Crippen molar-refractivity contribution in [1.29, 1.82) is 0 Å². The Morgan fingerprint density at radius 1 is 1.26 bits per heavy atom. The second kappa shape index (κ2) is 5.16. The molecule has 19 heavy (non-hydrogen) atoms. The van der Waals surface area contributed by atoms with Gasteiger partial charge in [-0.05, 0) is 57.7 Å². The Balaban J connectivity index is 2.11. The molecule has 1 aromatic rings. The van der Waals surface area contributed by atoms with Crippen molar-refractivity contribution in [3.8, 4) is 0 Å². The third kappa shape index (κ3) is 3.50. The standard InChI is InChI=1S/C15H20BrNO2/c1-14(2,3)17-13(18)19-15(9-4-10-15)11-5-7-12(16)8-6-11/h5-8H,4,9-10H2,1-3H3,(H,17,18). The van der Waals surface area contributed by atoms with E-state index in [1.54, 1.807) is 0 Å². The monoisotopic (exact) mass is 325 g/mol. The predicted octanol–water partition coefficient (Wildman–Crippen LogP) is 4.35. The van der Waals surface area contributed by atoms with Gasteiger partial charge in [0.1, 0.15) is 5.60 Å². The van der Waals surface area contributed by atoms with Gasteiger partial charge in [0.25, 0.3) is 0 Å². The fourth-order valence-corrected chi connectivity index (χ4v) is 2.47. The molecule has 1 fully saturated rings. The summed E-state index contributed by atoms with van der Waals surface area (Å²) >= 11 is 3.42. The van der Waals surface area contributed by atoms with E-state index < -0.39 is 5.60 Å². The van der Waals surface area contributed by atoms with E-state index in [-0.39, 0.29) is 11.6 Å². The summed E-state index contributed by atoms with van der Waals surface area (Å²) in [5.41, 5.74) is 0.364. The highest BCUT2D eigenvalue weighted by Gasteiger charge is 2.43. The van der Waals surface area contributed by atoms with Gasteiger partial charge in [0.15, 0.2) is 0 Å². The van der Waals surface area contributed by atoms with E-state index in [9.17, 15) is 4.79 Å². The third-order valence-electron chi connectivity index (χ3n) is 3.30.